The number of hydrogen-bond acceptors (Lipinski definition) is 2. The topological polar surface area (TPSA) is 26.0 Å². The number of alkyl halides is 1. The molecule has 66 valence electrons. The molecule has 0 aliphatic heterocycles. The molecule has 0 amide bonds. The quantitative estimate of drug-likeness (QED) is 0.607. The Kier molecular flexibility index (Phi) is 3.69. The van der Waals surface area contributed by atoms with E-state index >= 15 is 0 Å². The average molecular weight is 206 g/mol. The molecule has 0 atom stereocenters. The van der Waals surface area contributed by atoms with Gasteiger partial charge in [0, 0.05) is 16.3 Å². The van der Waals surface area contributed by atoms with Crippen molar-refractivity contribution in [1.82, 2.24) is 0 Å². The lowest BCUT2D eigenvalue weighted by Gasteiger charge is -2.04. The van der Waals surface area contributed by atoms with Crippen LogP contribution in [0.4, 0.5) is 10.1 Å². The summed E-state index contributed by atoms with van der Waals surface area (Å²) in [6.45, 7) is -0.366. The van der Waals surface area contributed by atoms with Gasteiger partial charge in [-0.2, -0.15) is 0 Å². The van der Waals surface area contributed by atoms with Crippen molar-refractivity contribution in [2.75, 3.05) is 18.2 Å². The lowest BCUT2D eigenvalue weighted by atomic mass is 10.3. The number of nitrogen functional groups attached to an aromatic ring is 1. The highest BCUT2D eigenvalue weighted by Gasteiger charge is 2.03. The number of halogens is 2. The van der Waals surface area contributed by atoms with Crippen molar-refractivity contribution < 1.29 is 4.39 Å². The monoisotopic (exact) mass is 205 g/mol. The fraction of sp³-hybridized carbons (Fsp3) is 0.250. The third-order valence-electron chi connectivity index (χ3n) is 1.32. The van der Waals surface area contributed by atoms with Gasteiger partial charge in [0.25, 0.3) is 0 Å². The van der Waals surface area contributed by atoms with Crippen LogP contribution in [0.5, 0.6) is 0 Å². The van der Waals surface area contributed by atoms with Crippen LogP contribution in [0.1, 0.15) is 0 Å². The van der Waals surface area contributed by atoms with E-state index in [-0.39, 0.29) is 6.67 Å². The molecule has 0 saturated carbocycles. The molecular formula is C8H9ClFNS. The molecule has 0 unspecified atom stereocenters. The highest BCUT2D eigenvalue weighted by atomic mass is 35.5. The zero-order valence-electron chi connectivity index (χ0n) is 6.39. The van der Waals surface area contributed by atoms with E-state index in [1.165, 1.54) is 11.8 Å². The summed E-state index contributed by atoms with van der Waals surface area (Å²) in [6, 6.07) is 5.28. The molecule has 0 aromatic heterocycles. The van der Waals surface area contributed by atoms with E-state index in [0.717, 1.165) is 4.90 Å². The predicted molar refractivity (Wildman–Crippen MR) is 52.6 cm³/mol. The number of nitrogens with two attached hydrogens (primary N) is 1. The van der Waals surface area contributed by atoms with Crippen molar-refractivity contribution in [3.05, 3.63) is 23.2 Å². The van der Waals surface area contributed by atoms with Gasteiger partial charge in [-0.3, -0.25) is 4.39 Å². The van der Waals surface area contributed by atoms with Gasteiger partial charge in [0.15, 0.2) is 0 Å². The van der Waals surface area contributed by atoms with Crippen LogP contribution in [-0.2, 0) is 0 Å². The maximum absolute atomic E-state index is 11.8. The number of hydrogen-bond donors (Lipinski definition) is 1. The lowest BCUT2D eigenvalue weighted by molar-refractivity contribution is 0.533. The van der Waals surface area contributed by atoms with Gasteiger partial charge >= 0.3 is 0 Å². The van der Waals surface area contributed by atoms with Gasteiger partial charge in [-0.1, -0.05) is 17.7 Å². The Bertz CT molecular complexity index is 247. The Morgan fingerprint density at radius 1 is 1.50 bits per heavy atom. The minimum Gasteiger partial charge on any atom is -0.398 e. The number of rotatable bonds is 3. The van der Waals surface area contributed by atoms with Gasteiger partial charge in [0.05, 0.1) is 11.7 Å². The summed E-state index contributed by atoms with van der Waals surface area (Å²) in [4.78, 5) is 0.775. The maximum atomic E-state index is 11.8. The first-order chi connectivity index (χ1) is 5.75. The molecule has 1 aromatic carbocycles. The van der Waals surface area contributed by atoms with Crippen molar-refractivity contribution in [3.63, 3.8) is 0 Å². The summed E-state index contributed by atoms with van der Waals surface area (Å²) < 4.78 is 11.8. The first-order valence-electron chi connectivity index (χ1n) is 3.48. The van der Waals surface area contributed by atoms with Crippen molar-refractivity contribution in [2.24, 2.45) is 0 Å². The number of benzene rings is 1. The zero-order valence-corrected chi connectivity index (χ0v) is 7.96. The van der Waals surface area contributed by atoms with Crippen LogP contribution in [0, 0.1) is 0 Å². The van der Waals surface area contributed by atoms with Gasteiger partial charge in [-0.25, -0.2) is 0 Å². The minimum atomic E-state index is -0.366. The fourth-order valence-corrected chi connectivity index (χ4v) is 1.89. The molecule has 0 fully saturated rings. The average Bonchev–Trinajstić information content (AvgIpc) is 2.04. The summed E-state index contributed by atoms with van der Waals surface area (Å²) in [5.74, 6) is 0.397. The SMILES string of the molecule is Nc1cccc(Cl)c1SCCF. The van der Waals surface area contributed by atoms with E-state index < -0.39 is 0 Å². The second-order valence-corrected chi connectivity index (χ2v) is 3.71. The van der Waals surface area contributed by atoms with Crippen LogP contribution in [0.3, 0.4) is 0 Å². The molecule has 2 N–H and O–H groups in total. The van der Waals surface area contributed by atoms with Crippen molar-refractivity contribution in [1.29, 1.82) is 0 Å². The second-order valence-electron chi connectivity index (χ2n) is 2.20. The Morgan fingerprint density at radius 3 is 2.83 bits per heavy atom. The molecule has 1 rings (SSSR count). The molecule has 0 aliphatic carbocycles. The van der Waals surface area contributed by atoms with Crippen LogP contribution in [0.25, 0.3) is 0 Å². The van der Waals surface area contributed by atoms with Gasteiger partial charge < -0.3 is 5.73 Å². The van der Waals surface area contributed by atoms with Crippen molar-refractivity contribution in [2.45, 2.75) is 4.90 Å². The third-order valence-corrected chi connectivity index (χ3v) is 2.85. The number of anilines is 1. The Morgan fingerprint density at radius 2 is 2.25 bits per heavy atom. The largest absolute Gasteiger partial charge is 0.398 e. The van der Waals surface area contributed by atoms with Gasteiger partial charge in [0.2, 0.25) is 0 Å². The smallest absolute Gasteiger partial charge is 0.0988 e. The predicted octanol–water partition coefficient (Wildman–Crippen LogP) is 2.98. The van der Waals surface area contributed by atoms with E-state index in [1.807, 2.05) is 0 Å². The summed E-state index contributed by atoms with van der Waals surface area (Å²) in [7, 11) is 0. The zero-order chi connectivity index (χ0) is 8.97. The molecule has 0 saturated heterocycles. The van der Waals surface area contributed by atoms with Crippen LogP contribution in [0.15, 0.2) is 23.1 Å². The lowest BCUT2D eigenvalue weighted by Crippen LogP contribution is -1.90. The van der Waals surface area contributed by atoms with Crippen LogP contribution in [-0.4, -0.2) is 12.4 Å². The van der Waals surface area contributed by atoms with Gasteiger partial charge in [-0.05, 0) is 12.1 Å². The summed E-state index contributed by atoms with van der Waals surface area (Å²) in [6.07, 6.45) is 0. The molecule has 0 aliphatic rings. The highest BCUT2D eigenvalue weighted by Crippen LogP contribution is 2.31. The summed E-state index contributed by atoms with van der Waals surface area (Å²) in [5, 5.41) is 0.591. The molecule has 1 nitrogen and oxygen atoms in total. The molecule has 0 spiro atoms. The molecule has 0 bridgehead atoms. The Labute approximate surface area is 80.1 Å². The fourth-order valence-electron chi connectivity index (χ4n) is 0.818. The third kappa shape index (κ3) is 2.29. The second kappa shape index (κ2) is 4.58. The molecule has 1 aromatic rings. The minimum absolute atomic E-state index is 0.366. The molecule has 0 heterocycles. The van der Waals surface area contributed by atoms with Crippen molar-refractivity contribution >= 4 is 29.1 Å². The first kappa shape index (κ1) is 9.68. The van der Waals surface area contributed by atoms with Crippen LogP contribution < -0.4 is 5.73 Å². The first-order valence-corrected chi connectivity index (χ1v) is 4.85. The van der Waals surface area contributed by atoms with E-state index in [4.69, 9.17) is 17.3 Å². The van der Waals surface area contributed by atoms with Crippen LogP contribution >= 0.6 is 23.4 Å². The van der Waals surface area contributed by atoms with E-state index in [0.29, 0.717) is 16.5 Å². The number of thioether (sulfide) groups is 1. The molecule has 12 heavy (non-hydrogen) atoms. The van der Waals surface area contributed by atoms with E-state index in [1.54, 1.807) is 18.2 Å². The van der Waals surface area contributed by atoms with E-state index in [9.17, 15) is 4.39 Å². The van der Waals surface area contributed by atoms with E-state index in [2.05, 4.69) is 0 Å². The van der Waals surface area contributed by atoms with Gasteiger partial charge in [0.1, 0.15) is 0 Å². The highest BCUT2D eigenvalue weighted by molar-refractivity contribution is 7.99. The van der Waals surface area contributed by atoms with Crippen LogP contribution in [0.2, 0.25) is 5.02 Å². The van der Waals surface area contributed by atoms with Gasteiger partial charge in [-0.15, -0.1) is 11.8 Å². The maximum Gasteiger partial charge on any atom is 0.0988 e. The summed E-state index contributed by atoms with van der Waals surface area (Å²) >= 11 is 7.18. The standard InChI is InChI=1S/C8H9ClFNS/c9-6-2-1-3-7(11)8(6)12-5-4-10/h1-3H,4-5,11H2. The van der Waals surface area contributed by atoms with Crippen molar-refractivity contribution in [3.8, 4) is 0 Å². The Balaban J connectivity index is 2.81. The summed E-state index contributed by atoms with van der Waals surface area (Å²) in [5.41, 5.74) is 6.25. The molecule has 0 radical (unpaired) electrons. The normalized spacial score (nSPS) is 10.2. The molecular weight excluding hydrogens is 197 g/mol. The molecule has 4 heteroatoms. The Hall–Kier alpha value is -0.410.